The second-order valence-corrected chi connectivity index (χ2v) is 2.45. The summed E-state index contributed by atoms with van der Waals surface area (Å²) in [7, 11) is 1.68. The lowest BCUT2D eigenvalue weighted by molar-refractivity contribution is -0.308. The maximum absolute atomic E-state index is 11.6. The quantitative estimate of drug-likeness (QED) is 0.650. The van der Waals surface area contributed by atoms with E-state index in [1.54, 1.807) is 11.9 Å². The third-order valence-corrected chi connectivity index (χ3v) is 1.33. The Morgan fingerprint density at radius 2 is 2.25 bits per heavy atom. The topological polar surface area (TPSA) is 24.5 Å². The minimum atomic E-state index is -4.61. The SMILES string of the molecule is CN1C=C(OC(F)(F)F)NCC1. The zero-order valence-electron chi connectivity index (χ0n) is 6.48. The Balaban J connectivity index is 2.52. The third kappa shape index (κ3) is 2.89. The van der Waals surface area contributed by atoms with Crippen LogP contribution >= 0.6 is 0 Å². The summed E-state index contributed by atoms with van der Waals surface area (Å²) in [6.07, 6.45) is -3.34. The average molecular weight is 182 g/mol. The van der Waals surface area contributed by atoms with Crippen LogP contribution in [0.5, 0.6) is 0 Å². The van der Waals surface area contributed by atoms with Gasteiger partial charge in [-0.3, -0.25) is 0 Å². The molecule has 70 valence electrons. The van der Waals surface area contributed by atoms with E-state index in [2.05, 4.69) is 10.1 Å². The predicted octanol–water partition coefficient (Wildman–Crippen LogP) is 0.857. The predicted molar refractivity (Wildman–Crippen MR) is 35.9 cm³/mol. The van der Waals surface area contributed by atoms with E-state index in [9.17, 15) is 13.2 Å². The minimum Gasteiger partial charge on any atom is -0.389 e. The molecule has 0 atom stereocenters. The first-order chi connectivity index (χ1) is 5.47. The highest BCUT2D eigenvalue weighted by molar-refractivity contribution is 4.94. The van der Waals surface area contributed by atoms with Crippen molar-refractivity contribution < 1.29 is 17.9 Å². The van der Waals surface area contributed by atoms with Crippen molar-refractivity contribution in [3.8, 4) is 0 Å². The average Bonchev–Trinajstić information content (AvgIpc) is 1.82. The molecule has 0 bridgehead atoms. The van der Waals surface area contributed by atoms with Crippen molar-refractivity contribution >= 4 is 0 Å². The smallest absolute Gasteiger partial charge is 0.389 e. The van der Waals surface area contributed by atoms with Crippen LogP contribution in [0, 0.1) is 0 Å². The molecule has 1 aliphatic heterocycles. The monoisotopic (exact) mass is 182 g/mol. The van der Waals surface area contributed by atoms with Crippen molar-refractivity contribution in [2.45, 2.75) is 6.36 Å². The van der Waals surface area contributed by atoms with Gasteiger partial charge in [-0.25, -0.2) is 0 Å². The standard InChI is InChI=1S/C6H9F3N2O/c1-11-3-2-10-5(4-11)12-6(7,8)9/h4,10H,2-3H2,1H3. The first kappa shape index (κ1) is 9.02. The molecule has 0 aromatic heterocycles. The molecule has 3 nitrogen and oxygen atoms in total. The van der Waals surface area contributed by atoms with E-state index in [0.29, 0.717) is 13.1 Å². The van der Waals surface area contributed by atoms with E-state index < -0.39 is 6.36 Å². The molecule has 0 aliphatic carbocycles. The van der Waals surface area contributed by atoms with Gasteiger partial charge in [-0.2, -0.15) is 0 Å². The number of ether oxygens (including phenoxy) is 1. The van der Waals surface area contributed by atoms with Crippen LogP contribution < -0.4 is 5.32 Å². The van der Waals surface area contributed by atoms with Gasteiger partial charge in [0.25, 0.3) is 0 Å². The molecule has 0 aromatic carbocycles. The molecule has 0 aromatic rings. The number of hydrogen-bond donors (Lipinski definition) is 1. The van der Waals surface area contributed by atoms with Crippen LogP contribution in [0.4, 0.5) is 13.2 Å². The van der Waals surface area contributed by atoms with Crippen molar-refractivity contribution in [3.63, 3.8) is 0 Å². The Kier molecular flexibility index (Phi) is 2.35. The summed E-state index contributed by atoms with van der Waals surface area (Å²) < 4.78 is 38.6. The Morgan fingerprint density at radius 1 is 1.58 bits per heavy atom. The molecule has 1 aliphatic rings. The minimum absolute atomic E-state index is 0.253. The van der Waals surface area contributed by atoms with Gasteiger partial charge in [0.05, 0.1) is 6.20 Å². The number of rotatable bonds is 1. The van der Waals surface area contributed by atoms with Gasteiger partial charge in [0, 0.05) is 20.1 Å². The largest absolute Gasteiger partial charge is 0.574 e. The Labute approximate surface area is 67.8 Å². The van der Waals surface area contributed by atoms with Crippen LogP contribution in [-0.4, -0.2) is 31.4 Å². The summed E-state index contributed by atoms with van der Waals surface area (Å²) in [5.74, 6) is -0.253. The van der Waals surface area contributed by atoms with Crippen LogP contribution in [0.1, 0.15) is 0 Å². The maximum atomic E-state index is 11.6. The van der Waals surface area contributed by atoms with E-state index in [1.807, 2.05) is 0 Å². The second-order valence-electron chi connectivity index (χ2n) is 2.45. The van der Waals surface area contributed by atoms with Crippen LogP contribution in [0.25, 0.3) is 0 Å². The van der Waals surface area contributed by atoms with Gasteiger partial charge in [-0.1, -0.05) is 0 Å². The Hall–Kier alpha value is -1.07. The van der Waals surface area contributed by atoms with Crippen molar-refractivity contribution in [3.05, 3.63) is 12.1 Å². The van der Waals surface area contributed by atoms with Crippen molar-refractivity contribution in [2.24, 2.45) is 0 Å². The number of nitrogens with zero attached hydrogens (tertiary/aromatic N) is 1. The molecule has 12 heavy (non-hydrogen) atoms. The number of halogens is 3. The Bertz CT molecular complexity index is 190. The number of hydrogen-bond acceptors (Lipinski definition) is 3. The van der Waals surface area contributed by atoms with E-state index in [4.69, 9.17) is 0 Å². The van der Waals surface area contributed by atoms with Gasteiger partial charge in [0.2, 0.25) is 5.88 Å². The summed E-state index contributed by atoms with van der Waals surface area (Å²) in [5.41, 5.74) is 0. The Morgan fingerprint density at radius 3 is 2.75 bits per heavy atom. The van der Waals surface area contributed by atoms with Gasteiger partial charge in [-0.15, -0.1) is 13.2 Å². The summed E-state index contributed by atoms with van der Waals surface area (Å²) in [6.45, 7) is 1.13. The highest BCUT2D eigenvalue weighted by atomic mass is 19.4. The summed E-state index contributed by atoms with van der Waals surface area (Å²) >= 11 is 0. The van der Waals surface area contributed by atoms with Crippen LogP contribution in [0.15, 0.2) is 12.1 Å². The molecule has 0 amide bonds. The third-order valence-electron chi connectivity index (χ3n) is 1.33. The first-order valence-corrected chi connectivity index (χ1v) is 3.39. The molecule has 0 spiro atoms. The van der Waals surface area contributed by atoms with Crippen molar-refractivity contribution in [1.29, 1.82) is 0 Å². The summed E-state index contributed by atoms with van der Waals surface area (Å²) in [5, 5.41) is 2.48. The molecule has 1 rings (SSSR count). The number of alkyl halides is 3. The first-order valence-electron chi connectivity index (χ1n) is 3.39. The van der Waals surface area contributed by atoms with Gasteiger partial charge < -0.3 is 15.0 Å². The molecule has 0 radical (unpaired) electrons. The molecular formula is C6H9F3N2O. The molecule has 0 saturated heterocycles. The molecule has 6 heteroatoms. The number of nitrogens with one attached hydrogen (secondary N) is 1. The van der Waals surface area contributed by atoms with Crippen LogP contribution in [0.3, 0.4) is 0 Å². The molecular weight excluding hydrogens is 173 g/mol. The van der Waals surface area contributed by atoms with E-state index in [-0.39, 0.29) is 5.88 Å². The molecule has 1 heterocycles. The van der Waals surface area contributed by atoms with E-state index in [0.717, 1.165) is 0 Å². The van der Waals surface area contributed by atoms with Gasteiger partial charge in [-0.05, 0) is 0 Å². The molecule has 0 unspecified atom stereocenters. The highest BCUT2D eigenvalue weighted by Gasteiger charge is 2.32. The summed E-state index contributed by atoms with van der Waals surface area (Å²) in [4.78, 5) is 1.62. The number of likely N-dealkylation sites (N-methyl/N-ethyl adjacent to an activating group) is 1. The summed E-state index contributed by atoms with van der Waals surface area (Å²) in [6, 6.07) is 0. The molecule has 1 N–H and O–H groups in total. The zero-order valence-corrected chi connectivity index (χ0v) is 6.48. The second kappa shape index (κ2) is 3.12. The van der Waals surface area contributed by atoms with Crippen molar-refractivity contribution in [2.75, 3.05) is 20.1 Å². The fraction of sp³-hybridized carbons (Fsp3) is 0.667. The van der Waals surface area contributed by atoms with Crippen LogP contribution in [-0.2, 0) is 4.74 Å². The van der Waals surface area contributed by atoms with Gasteiger partial charge in [0.1, 0.15) is 0 Å². The zero-order chi connectivity index (χ0) is 9.19. The molecule has 0 saturated carbocycles. The lowest BCUT2D eigenvalue weighted by Crippen LogP contribution is -2.35. The lowest BCUT2D eigenvalue weighted by Gasteiger charge is -2.24. The normalized spacial score (nSPS) is 18.3. The van der Waals surface area contributed by atoms with Gasteiger partial charge >= 0.3 is 6.36 Å². The fourth-order valence-corrected chi connectivity index (χ4v) is 0.853. The molecule has 0 fully saturated rings. The van der Waals surface area contributed by atoms with Crippen LogP contribution in [0.2, 0.25) is 0 Å². The fourth-order valence-electron chi connectivity index (χ4n) is 0.853. The highest BCUT2D eigenvalue weighted by Crippen LogP contribution is 2.20. The lowest BCUT2D eigenvalue weighted by atomic mass is 10.5. The maximum Gasteiger partial charge on any atom is 0.574 e. The van der Waals surface area contributed by atoms with E-state index in [1.165, 1.54) is 6.20 Å². The van der Waals surface area contributed by atoms with E-state index >= 15 is 0 Å². The van der Waals surface area contributed by atoms with Gasteiger partial charge in [0.15, 0.2) is 0 Å². The van der Waals surface area contributed by atoms with Crippen molar-refractivity contribution in [1.82, 2.24) is 10.2 Å².